The van der Waals surface area contributed by atoms with E-state index in [1.165, 1.54) is 0 Å². The van der Waals surface area contributed by atoms with E-state index >= 15 is 0 Å². The summed E-state index contributed by atoms with van der Waals surface area (Å²) in [6.07, 6.45) is 2.58. The zero-order chi connectivity index (χ0) is 12.1. The van der Waals surface area contributed by atoms with Crippen molar-refractivity contribution in [3.8, 4) is 0 Å². The highest BCUT2D eigenvalue weighted by Gasteiger charge is 2.20. The second kappa shape index (κ2) is 5.82. The Morgan fingerprint density at radius 3 is 2.76 bits per heavy atom. The second-order valence-corrected chi connectivity index (χ2v) is 4.39. The van der Waals surface area contributed by atoms with E-state index in [-0.39, 0.29) is 0 Å². The Morgan fingerprint density at radius 1 is 1.41 bits per heavy atom. The molecule has 0 bridgehead atoms. The Morgan fingerprint density at radius 2 is 2.18 bits per heavy atom. The fraction of sp³-hybridized carbons (Fsp3) is 0.500. The minimum atomic E-state index is 0.305. The van der Waals surface area contributed by atoms with Crippen LogP contribution in [-0.2, 0) is 4.74 Å². The molecule has 1 aliphatic heterocycles. The molecule has 0 aliphatic carbocycles. The number of amidine groups is 1. The topological polar surface area (TPSA) is 36.3 Å². The molecule has 3 heteroatoms. The van der Waals surface area contributed by atoms with Gasteiger partial charge in [-0.3, -0.25) is 5.41 Å². The van der Waals surface area contributed by atoms with E-state index in [0.29, 0.717) is 11.9 Å². The maximum absolute atomic E-state index is 8.22. The van der Waals surface area contributed by atoms with Crippen molar-refractivity contribution in [1.82, 2.24) is 4.90 Å². The molecule has 1 unspecified atom stereocenters. The van der Waals surface area contributed by atoms with E-state index in [1.807, 2.05) is 30.3 Å². The van der Waals surface area contributed by atoms with Crippen LogP contribution in [0.2, 0.25) is 0 Å². The first-order valence-corrected chi connectivity index (χ1v) is 6.31. The lowest BCUT2D eigenvalue weighted by molar-refractivity contribution is 0.0922. The van der Waals surface area contributed by atoms with E-state index in [0.717, 1.165) is 38.1 Å². The van der Waals surface area contributed by atoms with Crippen molar-refractivity contribution >= 4 is 5.84 Å². The largest absolute Gasteiger partial charge is 0.376 e. The van der Waals surface area contributed by atoms with Gasteiger partial charge >= 0.3 is 0 Å². The van der Waals surface area contributed by atoms with E-state index < -0.39 is 0 Å². The van der Waals surface area contributed by atoms with Crippen molar-refractivity contribution in [3.05, 3.63) is 35.9 Å². The minimum absolute atomic E-state index is 0.305. The minimum Gasteiger partial charge on any atom is -0.376 e. The van der Waals surface area contributed by atoms with Gasteiger partial charge in [-0.2, -0.15) is 0 Å². The lowest BCUT2D eigenvalue weighted by atomic mass is 10.1. The van der Waals surface area contributed by atoms with Crippen LogP contribution in [0.3, 0.4) is 0 Å². The molecule has 1 atom stereocenters. The van der Waals surface area contributed by atoms with Gasteiger partial charge in [0, 0.05) is 25.3 Å². The number of benzene rings is 1. The fourth-order valence-electron chi connectivity index (χ4n) is 2.19. The van der Waals surface area contributed by atoms with Crippen LogP contribution in [0.4, 0.5) is 0 Å². The Bertz CT molecular complexity index is 358. The quantitative estimate of drug-likeness (QED) is 0.639. The summed E-state index contributed by atoms with van der Waals surface area (Å²) < 4.78 is 5.63. The van der Waals surface area contributed by atoms with Gasteiger partial charge in [0.2, 0.25) is 0 Å². The number of nitrogens with one attached hydrogen (secondary N) is 1. The van der Waals surface area contributed by atoms with E-state index in [2.05, 4.69) is 11.8 Å². The van der Waals surface area contributed by atoms with Crippen LogP contribution in [0.1, 0.15) is 25.3 Å². The lowest BCUT2D eigenvalue weighted by Crippen LogP contribution is -2.37. The molecule has 0 aromatic heterocycles. The number of rotatable bonds is 4. The molecule has 17 heavy (non-hydrogen) atoms. The average Bonchev–Trinajstić information content (AvgIpc) is 2.89. The molecule has 92 valence electrons. The molecular formula is C14H20N2O. The van der Waals surface area contributed by atoms with E-state index in [9.17, 15) is 0 Å². The van der Waals surface area contributed by atoms with Crippen LogP contribution in [0.15, 0.2) is 30.3 Å². The summed E-state index contributed by atoms with van der Waals surface area (Å²) in [5.74, 6) is 0.601. The van der Waals surface area contributed by atoms with Crippen LogP contribution in [0, 0.1) is 5.41 Å². The molecular weight excluding hydrogens is 212 g/mol. The molecule has 0 radical (unpaired) electrons. The number of likely N-dealkylation sites (N-methyl/N-ethyl adjacent to an activating group) is 1. The zero-order valence-corrected chi connectivity index (χ0v) is 10.4. The molecule has 1 aliphatic rings. The van der Waals surface area contributed by atoms with Crippen LogP contribution >= 0.6 is 0 Å². The Hall–Kier alpha value is -1.35. The van der Waals surface area contributed by atoms with Gasteiger partial charge in [-0.25, -0.2) is 0 Å². The Labute approximate surface area is 103 Å². The Balaban J connectivity index is 2.00. The van der Waals surface area contributed by atoms with Crippen LogP contribution < -0.4 is 0 Å². The third-order valence-corrected chi connectivity index (χ3v) is 3.19. The number of hydrogen-bond acceptors (Lipinski definition) is 2. The normalized spacial score (nSPS) is 19.2. The molecule has 2 rings (SSSR count). The highest BCUT2D eigenvalue weighted by molar-refractivity contribution is 5.96. The van der Waals surface area contributed by atoms with Crippen LogP contribution in [0.5, 0.6) is 0 Å². The molecule has 0 saturated carbocycles. The van der Waals surface area contributed by atoms with E-state index in [4.69, 9.17) is 10.1 Å². The first-order valence-electron chi connectivity index (χ1n) is 6.31. The number of hydrogen-bond donors (Lipinski definition) is 1. The van der Waals surface area contributed by atoms with Crippen molar-refractivity contribution in [2.45, 2.75) is 25.9 Å². The van der Waals surface area contributed by atoms with Crippen molar-refractivity contribution in [3.63, 3.8) is 0 Å². The predicted molar refractivity (Wildman–Crippen MR) is 69.5 cm³/mol. The lowest BCUT2D eigenvalue weighted by Gasteiger charge is -2.26. The summed E-state index contributed by atoms with van der Waals surface area (Å²) in [6.45, 7) is 4.66. The van der Waals surface area contributed by atoms with Gasteiger partial charge in [0.1, 0.15) is 5.84 Å². The van der Waals surface area contributed by atoms with Gasteiger partial charge in [-0.05, 0) is 19.8 Å². The summed E-state index contributed by atoms with van der Waals surface area (Å²) in [6, 6.07) is 9.90. The van der Waals surface area contributed by atoms with Crippen LogP contribution in [-0.4, -0.2) is 36.5 Å². The molecule has 0 amide bonds. The van der Waals surface area contributed by atoms with Gasteiger partial charge in [0.15, 0.2) is 0 Å². The zero-order valence-electron chi connectivity index (χ0n) is 10.4. The molecule has 1 aromatic rings. The number of nitrogens with zero attached hydrogens (tertiary/aromatic N) is 1. The summed E-state index contributed by atoms with van der Waals surface area (Å²) in [4.78, 5) is 2.09. The molecule has 1 saturated heterocycles. The van der Waals surface area contributed by atoms with Gasteiger partial charge in [0.05, 0.1) is 6.10 Å². The number of ether oxygens (including phenoxy) is 1. The van der Waals surface area contributed by atoms with Crippen molar-refractivity contribution in [1.29, 1.82) is 5.41 Å². The van der Waals surface area contributed by atoms with Crippen molar-refractivity contribution in [2.75, 3.05) is 19.7 Å². The first-order chi connectivity index (χ1) is 8.31. The molecule has 3 nitrogen and oxygen atoms in total. The maximum Gasteiger partial charge on any atom is 0.128 e. The van der Waals surface area contributed by atoms with Gasteiger partial charge in [0.25, 0.3) is 0 Å². The van der Waals surface area contributed by atoms with Crippen molar-refractivity contribution in [2.24, 2.45) is 0 Å². The fourth-order valence-corrected chi connectivity index (χ4v) is 2.19. The van der Waals surface area contributed by atoms with Crippen LogP contribution in [0.25, 0.3) is 0 Å². The molecule has 1 heterocycles. The smallest absolute Gasteiger partial charge is 0.128 e. The highest BCUT2D eigenvalue weighted by Crippen LogP contribution is 2.14. The molecule has 0 spiro atoms. The van der Waals surface area contributed by atoms with Gasteiger partial charge in [-0.15, -0.1) is 0 Å². The first kappa shape index (κ1) is 12.1. The third kappa shape index (κ3) is 3.07. The molecule has 1 aromatic carbocycles. The standard InChI is InChI=1S/C14H20N2O/c1-2-16(11-13-9-6-10-17-13)14(15)12-7-4-3-5-8-12/h3-5,7-8,13,15H,2,6,9-11H2,1H3. The summed E-state index contributed by atoms with van der Waals surface area (Å²) in [7, 11) is 0. The van der Waals surface area contributed by atoms with Gasteiger partial charge in [-0.1, -0.05) is 30.3 Å². The maximum atomic E-state index is 8.22. The highest BCUT2D eigenvalue weighted by atomic mass is 16.5. The average molecular weight is 232 g/mol. The summed E-state index contributed by atoms with van der Waals surface area (Å²) in [5.41, 5.74) is 0.979. The second-order valence-electron chi connectivity index (χ2n) is 4.39. The SMILES string of the molecule is CCN(CC1CCCO1)C(=N)c1ccccc1. The summed E-state index contributed by atoms with van der Waals surface area (Å²) >= 11 is 0. The Kier molecular flexibility index (Phi) is 4.15. The van der Waals surface area contributed by atoms with Gasteiger partial charge < -0.3 is 9.64 Å². The molecule has 1 fully saturated rings. The van der Waals surface area contributed by atoms with Crippen molar-refractivity contribution < 1.29 is 4.74 Å². The molecule has 1 N–H and O–H groups in total. The predicted octanol–water partition coefficient (Wildman–Crippen LogP) is 2.51. The summed E-state index contributed by atoms with van der Waals surface area (Å²) in [5, 5.41) is 8.22. The third-order valence-electron chi connectivity index (χ3n) is 3.19. The van der Waals surface area contributed by atoms with E-state index in [1.54, 1.807) is 0 Å². The monoisotopic (exact) mass is 232 g/mol.